The van der Waals surface area contributed by atoms with E-state index in [-0.39, 0.29) is 18.9 Å². The highest BCUT2D eigenvalue weighted by atomic mass is 35.5. The van der Waals surface area contributed by atoms with Crippen LogP contribution in [0.5, 0.6) is 0 Å². The molecule has 0 aliphatic carbocycles. The number of carbonyl (C=O) groups is 1. The SMILES string of the molecule is Cn1c(=O)c(=O)n(CCC(=O)NCc2ccc(Cl)cc2)c2ccccc21. The highest BCUT2D eigenvalue weighted by molar-refractivity contribution is 6.30. The van der Waals surface area contributed by atoms with Crippen LogP contribution in [0.4, 0.5) is 0 Å². The molecule has 1 N–H and O–H groups in total. The molecule has 1 amide bonds. The molecule has 0 fully saturated rings. The minimum Gasteiger partial charge on any atom is -0.352 e. The topological polar surface area (TPSA) is 73.1 Å². The average Bonchev–Trinajstić information content (AvgIpc) is 2.66. The van der Waals surface area contributed by atoms with Crippen LogP contribution in [0.15, 0.2) is 58.1 Å². The van der Waals surface area contributed by atoms with Crippen molar-refractivity contribution in [3.05, 3.63) is 79.8 Å². The van der Waals surface area contributed by atoms with Crippen molar-refractivity contribution in [3.8, 4) is 0 Å². The predicted octanol–water partition coefficient (Wildman–Crippen LogP) is 2.06. The van der Waals surface area contributed by atoms with E-state index in [1.54, 1.807) is 43.4 Å². The maximum absolute atomic E-state index is 12.3. The van der Waals surface area contributed by atoms with Crippen LogP contribution in [0.1, 0.15) is 12.0 Å². The smallest absolute Gasteiger partial charge is 0.316 e. The van der Waals surface area contributed by atoms with E-state index in [0.717, 1.165) is 5.56 Å². The summed E-state index contributed by atoms with van der Waals surface area (Å²) in [5.74, 6) is -0.198. The summed E-state index contributed by atoms with van der Waals surface area (Å²) < 4.78 is 2.69. The lowest BCUT2D eigenvalue weighted by atomic mass is 10.2. The molecule has 26 heavy (non-hydrogen) atoms. The number of nitrogens with zero attached hydrogens (tertiary/aromatic N) is 2. The molecule has 0 aliphatic rings. The predicted molar refractivity (Wildman–Crippen MR) is 101 cm³/mol. The molecule has 0 spiro atoms. The number of nitrogens with one attached hydrogen (secondary N) is 1. The van der Waals surface area contributed by atoms with Crippen molar-refractivity contribution in [2.24, 2.45) is 7.05 Å². The number of fused-ring (bicyclic) bond motifs is 1. The normalized spacial score (nSPS) is 10.8. The first kappa shape index (κ1) is 17.9. The summed E-state index contributed by atoms with van der Waals surface area (Å²) in [5, 5.41) is 3.44. The molecule has 2 aromatic carbocycles. The van der Waals surface area contributed by atoms with Crippen molar-refractivity contribution in [2.75, 3.05) is 0 Å². The maximum atomic E-state index is 12.3. The standard InChI is InChI=1S/C19H18ClN3O3/c1-22-15-4-2-3-5-16(15)23(19(26)18(22)25)11-10-17(24)21-12-13-6-8-14(20)9-7-13/h2-9H,10-12H2,1H3,(H,21,24). The molecule has 0 bridgehead atoms. The molecule has 0 atom stereocenters. The van der Waals surface area contributed by atoms with E-state index in [9.17, 15) is 14.4 Å². The van der Waals surface area contributed by atoms with Gasteiger partial charge in [-0.1, -0.05) is 35.9 Å². The lowest BCUT2D eigenvalue weighted by molar-refractivity contribution is -0.121. The van der Waals surface area contributed by atoms with Crippen LogP contribution >= 0.6 is 11.6 Å². The zero-order valence-electron chi connectivity index (χ0n) is 14.2. The first-order chi connectivity index (χ1) is 12.5. The second-order valence-corrected chi connectivity index (χ2v) is 6.40. The van der Waals surface area contributed by atoms with Gasteiger partial charge in [0.25, 0.3) is 0 Å². The first-order valence-electron chi connectivity index (χ1n) is 8.17. The average molecular weight is 372 g/mol. The number of para-hydroxylation sites is 2. The number of hydrogen-bond donors (Lipinski definition) is 1. The second kappa shape index (κ2) is 7.58. The van der Waals surface area contributed by atoms with Gasteiger partial charge in [0.2, 0.25) is 5.91 Å². The van der Waals surface area contributed by atoms with Gasteiger partial charge in [-0.25, -0.2) is 0 Å². The molecule has 0 aliphatic heterocycles. The molecule has 0 saturated carbocycles. The Labute approximate surface area is 154 Å². The molecule has 1 heterocycles. The fourth-order valence-corrected chi connectivity index (χ4v) is 2.91. The van der Waals surface area contributed by atoms with Crippen molar-refractivity contribution in [3.63, 3.8) is 0 Å². The largest absolute Gasteiger partial charge is 0.352 e. The molecule has 3 rings (SSSR count). The molecule has 6 nitrogen and oxygen atoms in total. The van der Waals surface area contributed by atoms with E-state index >= 15 is 0 Å². The summed E-state index contributed by atoms with van der Waals surface area (Å²) in [5.41, 5.74) is 0.977. The fraction of sp³-hybridized carbons (Fsp3) is 0.211. The van der Waals surface area contributed by atoms with Gasteiger partial charge in [0.15, 0.2) is 0 Å². The van der Waals surface area contributed by atoms with Crippen LogP contribution in [-0.2, 0) is 24.9 Å². The summed E-state index contributed by atoms with van der Waals surface area (Å²) in [4.78, 5) is 36.5. The third-order valence-corrected chi connectivity index (χ3v) is 4.48. The third-order valence-electron chi connectivity index (χ3n) is 4.23. The van der Waals surface area contributed by atoms with E-state index in [1.165, 1.54) is 9.13 Å². The summed E-state index contributed by atoms with van der Waals surface area (Å²) in [7, 11) is 1.56. The van der Waals surface area contributed by atoms with Crippen LogP contribution < -0.4 is 16.4 Å². The van der Waals surface area contributed by atoms with Gasteiger partial charge in [0.1, 0.15) is 0 Å². The lowest BCUT2D eigenvalue weighted by Gasteiger charge is -2.12. The highest BCUT2D eigenvalue weighted by Crippen LogP contribution is 2.10. The first-order valence-corrected chi connectivity index (χ1v) is 8.55. The molecular weight excluding hydrogens is 354 g/mol. The quantitative estimate of drug-likeness (QED) is 0.698. The highest BCUT2D eigenvalue weighted by Gasteiger charge is 2.11. The monoisotopic (exact) mass is 371 g/mol. The van der Waals surface area contributed by atoms with Crippen LogP contribution in [0.2, 0.25) is 5.02 Å². The van der Waals surface area contributed by atoms with Crippen LogP contribution in [0, 0.1) is 0 Å². The number of aryl methyl sites for hydroxylation is 2. The van der Waals surface area contributed by atoms with Gasteiger partial charge in [0.05, 0.1) is 11.0 Å². The van der Waals surface area contributed by atoms with Crippen molar-refractivity contribution in [1.82, 2.24) is 14.5 Å². The Balaban J connectivity index is 1.73. The van der Waals surface area contributed by atoms with Crippen LogP contribution in [-0.4, -0.2) is 15.0 Å². The van der Waals surface area contributed by atoms with E-state index in [4.69, 9.17) is 11.6 Å². The van der Waals surface area contributed by atoms with Crippen molar-refractivity contribution in [2.45, 2.75) is 19.5 Å². The summed E-state index contributed by atoms with van der Waals surface area (Å²) in [6.07, 6.45) is 0.102. The van der Waals surface area contributed by atoms with Gasteiger partial charge in [0, 0.05) is 31.6 Å². The number of rotatable bonds is 5. The molecule has 0 radical (unpaired) electrons. The Morgan fingerprint density at radius 2 is 1.65 bits per heavy atom. The summed E-state index contributed by atoms with van der Waals surface area (Å²) in [6, 6.07) is 14.3. The zero-order chi connectivity index (χ0) is 18.7. The van der Waals surface area contributed by atoms with Gasteiger partial charge < -0.3 is 14.5 Å². The molecule has 134 valence electrons. The van der Waals surface area contributed by atoms with Gasteiger partial charge in [-0.2, -0.15) is 0 Å². The van der Waals surface area contributed by atoms with Crippen molar-refractivity contribution in [1.29, 1.82) is 0 Å². The van der Waals surface area contributed by atoms with Gasteiger partial charge in [-0.3, -0.25) is 14.4 Å². The Morgan fingerprint density at radius 3 is 2.35 bits per heavy atom. The Hall–Kier alpha value is -2.86. The van der Waals surface area contributed by atoms with E-state index in [0.29, 0.717) is 22.6 Å². The lowest BCUT2D eigenvalue weighted by Crippen LogP contribution is -2.41. The Morgan fingerprint density at radius 1 is 1.00 bits per heavy atom. The van der Waals surface area contributed by atoms with Crippen molar-refractivity contribution < 1.29 is 4.79 Å². The van der Waals surface area contributed by atoms with E-state index in [1.807, 2.05) is 12.1 Å². The number of halogens is 1. The molecule has 7 heteroatoms. The van der Waals surface area contributed by atoms with E-state index in [2.05, 4.69) is 5.32 Å². The third kappa shape index (κ3) is 3.70. The second-order valence-electron chi connectivity index (χ2n) is 5.96. The minimum atomic E-state index is -0.628. The zero-order valence-corrected chi connectivity index (χ0v) is 15.0. The van der Waals surface area contributed by atoms with E-state index < -0.39 is 11.1 Å². The van der Waals surface area contributed by atoms with Gasteiger partial charge >= 0.3 is 11.1 Å². The molecular formula is C19H18ClN3O3. The fourth-order valence-electron chi connectivity index (χ4n) is 2.78. The molecule has 0 unspecified atom stereocenters. The number of hydrogen-bond acceptors (Lipinski definition) is 3. The van der Waals surface area contributed by atoms with Gasteiger partial charge in [-0.05, 0) is 29.8 Å². The molecule has 1 aromatic heterocycles. The Bertz CT molecular complexity index is 1070. The van der Waals surface area contributed by atoms with Crippen LogP contribution in [0.25, 0.3) is 11.0 Å². The van der Waals surface area contributed by atoms with Crippen LogP contribution in [0.3, 0.4) is 0 Å². The number of benzene rings is 2. The number of carbonyl (C=O) groups excluding carboxylic acids is 1. The summed E-state index contributed by atoms with van der Waals surface area (Å²) in [6.45, 7) is 0.518. The summed E-state index contributed by atoms with van der Waals surface area (Å²) >= 11 is 5.83. The van der Waals surface area contributed by atoms with Crippen molar-refractivity contribution >= 4 is 28.5 Å². The molecule has 0 saturated heterocycles. The Kier molecular flexibility index (Phi) is 5.23. The minimum absolute atomic E-state index is 0.102. The number of aromatic nitrogens is 2. The van der Waals surface area contributed by atoms with Gasteiger partial charge in [-0.15, -0.1) is 0 Å². The number of amides is 1. The maximum Gasteiger partial charge on any atom is 0.316 e. The molecule has 3 aromatic rings.